The number of amides is 1. The Morgan fingerprint density at radius 1 is 1.17 bits per heavy atom. The second-order valence-electron chi connectivity index (χ2n) is 7.17. The van der Waals surface area contributed by atoms with Crippen LogP contribution in [0.4, 0.5) is 13.2 Å². The molecule has 1 aliphatic rings. The molecule has 1 fully saturated rings. The van der Waals surface area contributed by atoms with Gasteiger partial charge < -0.3 is 19.8 Å². The van der Waals surface area contributed by atoms with Gasteiger partial charge >= 0.3 is 6.18 Å². The summed E-state index contributed by atoms with van der Waals surface area (Å²) in [6.45, 7) is 7.53. The van der Waals surface area contributed by atoms with Gasteiger partial charge in [-0.25, -0.2) is 0 Å². The molecule has 5 nitrogen and oxygen atoms in total. The average molecular weight is 348 g/mol. The first kappa shape index (κ1) is 18.8. The third-order valence-corrected chi connectivity index (χ3v) is 5.24. The number of hydrogen-bond acceptors (Lipinski definition) is 3. The summed E-state index contributed by atoms with van der Waals surface area (Å²) in [6, 6.07) is 0.454. The Morgan fingerprint density at radius 3 is 2.04 bits per heavy atom. The SMILES string of the molecule is COC1(OC)C(C)(C)C(NC(=O)c2c[nH]c(C(F)(F)F)c2)C1(C)C. The maximum atomic E-state index is 12.6. The lowest BCUT2D eigenvalue weighted by molar-refractivity contribution is -0.400. The second kappa shape index (κ2) is 5.49. The first-order valence-electron chi connectivity index (χ1n) is 7.52. The maximum Gasteiger partial charge on any atom is 0.431 e. The number of halogens is 3. The Balaban J connectivity index is 2.22. The van der Waals surface area contributed by atoms with Crippen molar-refractivity contribution >= 4 is 5.91 Å². The van der Waals surface area contributed by atoms with Gasteiger partial charge in [-0.05, 0) is 6.07 Å². The summed E-state index contributed by atoms with van der Waals surface area (Å²) >= 11 is 0. The van der Waals surface area contributed by atoms with Gasteiger partial charge in [-0.2, -0.15) is 13.2 Å². The molecule has 1 aromatic heterocycles. The number of nitrogens with one attached hydrogen (secondary N) is 2. The van der Waals surface area contributed by atoms with E-state index in [-0.39, 0.29) is 11.6 Å². The van der Waals surface area contributed by atoms with Gasteiger partial charge in [0.05, 0.1) is 5.56 Å². The minimum atomic E-state index is -4.52. The lowest BCUT2D eigenvalue weighted by atomic mass is 9.46. The molecule has 0 atom stereocenters. The van der Waals surface area contributed by atoms with Crippen molar-refractivity contribution in [3.8, 4) is 0 Å². The van der Waals surface area contributed by atoms with E-state index in [0.717, 1.165) is 12.3 Å². The van der Waals surface area contributed by atoms with Gasteiger partial charge in [-0.15, -0.1) is 0 Å². The molecule has 0 unspecified atom stereocenters. The standard InChI is InChI=1S/C16H23F3N2O3/c1-13(2)12(14(3,4)16(13,23-5)24-6)21-11(22)9-7-10(20-8-9)15(17,18)19/h7-8,12,20H,1-6H3,(H,21,22). The second-order valence-corrected chi connectivity index (χ2v) is 7.17. The summed E-state index contributed by atoms with van der Waals surface area (Å²) in [5, 5.41) is 2.82. The molecule has 8 heteroatoms. The van der Waals surface area contributed by atoms with Gasteiger partial charge in [-0.1, -0.05) is 27.7 Å². The van der Waals surface area contributed by atoms with Crippen LogP contribution in [0.2, 0.25) is 0 Å². The zero-order valence-electron chi connectivity index (χ0n) is 14.6. The number of rotatable bonds is 4. The molecule has 136 valence electrons. The van der Waals surface area contributed by atoms with Crippen molar-refractivity contribution in [2.45, 2.75) is 45.7 Å². The highest BCUT2D eigenvalue weighted by atomic mass is 19.4. The largest absolute Gasteiger partial charge is 0.431 e. The highest BCUT2D eigenvalue weighted by molar-refractivity contribution is 5.94. The number of methoxy groups -OCH3 is 2. The molecule has 0 bridgehead atoms. The lowest BCUT2D eigenvalue weighted by Crippen LogP contribution is -2.81. The Bertz CT molecular complexity index is 613. The van der Waals surface area contributed by atoms with Gasteiger partial charge in [0.15, 0.2) is 5.79 Å². The predicted molar refractivity (Wildman–Crippen MR) is 81.4 cm³/mol. The number of aromatic nitrogens is 1. The molecule has 1 aromatic rings. The molecule has 2 rings (SSSR count). The highest BCUT2D eigenvalue weighted by Crippen LogP contribution is 2.63. The Hall–Kier alpha value is -1.54. The predicted octanol–water partition coefficient (Wildman–Crippen LogP) is 3.19. The zero-order valence-corrected chi connectivity index (χ0v) is 14.6. The van der Waals surface area contributed by atoms with E-state index in [0.29, 0.717) is 0 Å². The molecule has 0 aromatic carbocycles. The average Bonchev–Trinajstić information content (AvgIpc) is 2.95. The van der Waals surface area contributed by atoms with Crippen molar-refractivity contribution in [2.75, 3.05) is 14.2 Å². The normalized spacial score (nSPS) is 22.0. The monoisotopic (exact) mass is 348 g/mol. The van der Waals surface area contributed by atoms with Crippen LogP contribution >= 0.6 is 0 Å². The first-order valence-corrected chi connectivity index (χ1v) is 7.52. The Morgan fingerprint density at radius 2 is 1.67 bits per heavy atom. The third-order valence-electron chi connectivity index (χ3n) is 5.24. The summed E-state index contributed by atoms with van der Waals surface area (Å²) in [4.78, 5) is 14.5. The number of aromatic amines is 1. The van der Waals surface area contributed by atoms with E-state index in [1.807, 2.05) is 27.7 Å². The number of carbonyl (C=O) groups is 1. The molecule has 0 saturated heterocycles. The van der Waals surface area contributed by atoms with Crippen LogP contribution in [-0.2, 0) is 15.7 Å². The summed E-state index contributed by atoms with van der Waals surface area (Å²) in [7, 11) is 3.07. The zero-order chi connectivity index (χ0) is 18.6. The topological polar surface area (TPSA) is 63.4 Å². The highest BCUT2D eigenvalue weighted by Gasteiger charge is 2.74. The van der Waals surface area contributed by atoms with Gasteiger partial charge in [0, 0.05) is 37.3 Å². The van der Waals surface area contributed by atoms with E-state index in [2.05, 4.69) is 10.3 Å². The smallest absolute Gasteiger partial charge is 0.357 e. The molecule has 1 amide bonds. The van der Waals surface area contributed by atoms with Gasteiger partial charge in [0.25, 0.3) is 5.91 Å². The summed E-state index contributed by atoms with van der Waals surface area (Å²) in [5.74, 6) is -1.48. The van der Waals surface area contributed by atoms with Crippen molar-refractivity contribution in [3.05, 3.63) is 23.5 Å². The minimum absolute atomic E-state index is 0.0683. The fraction of sp³-hybridized carbons (Fsp3) is 0.688. The summed E-state index contributed by atoms with van der Waals surface area (Å²) in [5.41, 5.74) is -2.17. The Labute approximate surface area is 138 Å². The molecule has 2 N–H and O–H groups in total. The molecule has 0 aliphatic heterocycles. The van der Waals surface area contributed by atoms with Crippen LogP contribution < -0.4 is 5.32 Å². The van der Waals surface area contributed by atoms with Crippen LogP contribution in [0.5, 0.6) is 0 Å². The quantitative estimate of drug-likeness (QED) is 0.822. The number of ether oxygens (including phenoxy) is 2. The molecule has 0 spiro atoms. The molecule has 1 aliphatic carbocycles. The van der Waals surface area contributed by atoms with E-state index in [1.165, 1.54) is 14.2 Å². The van der Waals surface area contributed by atoms with Gasteiger partial charge in [-0.3, -0.25) is 4.79 Å². The van der Waals surface area contributed by atoms with Crippen molar-refractivity contribution in [2.24, 2.45) is 10.8 Å². The van der Waals surface area contributed by atoms with E-state index < -0.39 is 34.4 Å². The van der Waals surface area contributed by atoms with Crippen LogP contribution in [0.1, 0.15) is 43.7 Å². The third kappa shape index (κ3) is 2.35. The van der Waals surface area contributed by atoms with Crippen molar-refractivity contribution in [1.82, 2.24) is 10.3 Å². The van der Waals surface area contributed by atoms with Gasteiger partial charge in [0.2, 0.25) is 0 Å². The van der Waals surface area contributed by atoms with E-state index in [1.54, 1.807) is 0 Å². The molecule has 1 saturated carbocycles. The van der Waals surface area contributed by atoms with Crippen molar-refractivity contribution in [3.63, 3.8) is 0 Å². The molecule has 0 radical (unpaired) electrons. The van der Waals surface area contributed by atoms with E-state index >= 15 is 0 Å². The Kier molecular flexibility index (Phi) is 4.30. The maximum absolute atomic E-state index is 12.6. The number of alkyl halides is 3. The molecular weight excluding hydrogens is 325 g/mol. The molecule has 1 heterocycles. The fourth-order valence-electron chi connectivity index (χ4n) is 4.43. The fourth-order valence-corrected chi connectivity index (χ4v) is 4.43. The first-order chi connectivity index (χ1) is 10.8. The number of hydrogen-bond donors (Lipinski definition) is 2. The van der Waals surface area contributed by atoms with Gasteiger partial charge in [0.1, 0.15) is 5.69 Å². The molecule has 24 heavy (non-hydrogen) atoms. The molecular formula is C16H23F3N2O3. The summed E-state index contributed by atoms with van der Waals surface area (Å²) in [6.07, 6.45) is -3.47. The van der Waals surface area contributed by atoms with Crippen LogP contribution in [0.3, 0.4) is 0 Å². The van der Waals surface area contributed by atoms with Crippen LogP contribution in [0, 0.1) is 10.8 Å². The van der Waals surface area contributed by atoms with E-state index in [9.17, 15) is 18.0 Å². The minimum Gasteiger partial charge on any atom is -0.357 e. The van der Waals surface area contributed by atoms with Crippen molar-refractivity contribution in [1.29, 1.82) is 0 Å². The lowest BCUT2D eigenvalue weighted by Gasteiger charge is -2.69. The van der Waals surface area contributed by atoms with E-state index in [4.69, 9.17) is 9.47 Å². The summed E-state index contributed by atoms with van der Waals surface area (Å²) < 4.78 is 49.1. The van der Waals surface area contributed by atoms with Crippen LogP contribution in [0.15, 0.2) is 12.3 Å². The van der Waals surface area contributed by atoms with Crippen molar-refractivity contribution < 1.29 is 27.4 Å². The number of H-pyrrole nitrogens is 1. The van der Waals surface area contributed by atoms with Crippen LogP contribution in [-0.4, -0.2) is 36.9 Å². The number of carbonyl (C=O) groups excluding carboxylic acids is 1. The van der Waals surface area contributed by atoms with Crippen LogP contribution in [0.25, 0.3) is 0 Å².